The molecule has 1 aliphatic rings. The number of hydrogen-bond donors (Lipinski definition) is 2. The van der Waals surface area contributed by atoms with Crippen LogP contribution in [0.3, 0.4) is 0 Å². The number of hydrogen-bond acceptors (Lipinski definition) is 3. The monoisotopic (exact) mass is 330 g/mol. The predicted molar refractivity (Wildman–Crippen MR) is 86.9 cm³/mol. The molecule has 0 heterocycles. The standard InChI is InChI=1S/C15H23ClN2O2S/c1-10-3-5-12(6-4-10)9-18-21(19,20)15-8-14(17)13(16)7-11(15)2/h7-8,10,12,18H,3-6,9,17H2,1-2H3. The van der Waals surface area contributed by atoms with E-state index in [4.69, 9.17) is 17.3 Å². The number of sulfonamides is 1. The molecular formula is C15H23ClN2O2S. The van der Waals surface area contributed by atoms with E-state index in [2.05, 4.69) is 11.6 Å². The predicted octanol–water partition coefficient (Wildman–Crippen LogP) is 3.34. The third-order valence-corrected chi connectivity index (χ3v) is 6.17. The van der Waals surface area contributed by atoms with Crippen molar-refractivity contribution in [2.75, 3.05) is 12.3 Å². The fourth-order valence-corrected chi connectivity index (χ4v) is 4.39. The zero-order valence-electron chi connectivity index (χ0n) is 12.5. The summed E-state index contributed by atoms with van der Waals surface area (Å²) in [5, 5.41) is 0.382. The molecule has 0 radical (unpaired) electrons. The lowest BCUT2D eigenvalue weighted by Crippen LogP contribution is -2.31. The van der Waals surface area contributed by atoms with Crippen molar-refractivity contribution < 1.29 is 8.42 Å². The lowest BCUT2D eigenvalue weighted by Gasteiger charge is -2.26. The molecular weight excluding hydrogens is 308 g/mol. The Morgan fingerprint density at radius 1 is 1.29 bits per heavy atom. The van der Waals surface area contributed by atoms with Crippen LogP contribution in [0.2, 0.25) is 5.02 Å². The maximum atomic E-state index is 12.4. The van der Waals surface area contributed by atoms with E-state index in [0.29, 0.717) is 23.0 Å². The molecule has 4 nitrogen and oxygen atoms in total. The van der Waals surface area contributed by atoms with Gasteiger partial charge in [0, 0.05) is 6.54 Å². The molecule has 0 saturated heterocycles. The van der Waals surface area contributed by atoms with Crippen LogP contribution in [0, 0.1) is 18.8 Å². The first-order valence-electron chi connectivity index (χ1n) is 7.35. The van der Waals surface area contributed by atoms with Crippen molar-refractivity contribution in [2.45, 2.75) is 44.4 Å². The van der Waals surface area contributed by atoms with E-state index in [0.717, 1.165) is 18.8 Å². The molecule has 1 saturated carbocycles. The second-order valence-electron chi connectivity index (χ2n) is 6.12. The number of halogens is 1. The fraction of sp³-hybridized carbons (Fsp3) is 0.600. The summed E-state index contributed by atoms with van der Waals surface area (Å²) < 4.78 is 27.5. The zero-order chi connectivity index (χ0) is 15.6. The lowest BCUT2D eigenvalue weighted by molar-refractivity contribution is 0.290. The van der Waals surface area contributed by atoms with Crippen LogP contribution in [0.4, 0.5) is 5.69 Å². The summed E-state index contributed by atoms with van der Waals surface area (Å²) in [6.45, 7) is 4.47. The van der Waals surface area contributed by atoms with Gasteiger partial charge in [-0.15, -0.1) is 0 Å². The molecule has 0 bridgehead atoms. The molecule has 1 aromatic rings. The maximum absolute atomic E-state index is 12.4. The molecule has 0 atom stereocenters. The molecule has 0 aromatic heterocycles. The first-order valence-corrected chi connectivity index (χ1v) is 9.21. The number of benzene rings is 1. The SMILES string of the molecule is Cc1cc(Cl)c(N)cc1S(=O)(=O)NCC1CCC(C)CC1. The summed E-state index contributed by atoms with van der Waals surface area (Å²) in [4.78, 5) is 0.216. The van der Waals surface area contributed by atoms with Crippen molar-refractivity contribution in [2.24, 2.45) is 11.8 Å². The van der Waals surface area contributed by atoms with Gasteiger partial charge in [0.15, 0.2) is 0 Å². The van der Waals surface area contributed by atoms with Crippen LogP contribution >= 0.6 is 11.6 Å². The molecule has 118 valence electrons. The minimum Gasteiger partial charge on any atom is -0.397 e. The molecule has 1 aromatic carbocycles. The van der Waals surface area contributed by atoms with Crippen molar-refractivity contribution in [3.05, 3.63) is 22.7 Å². The highest BCUT2D eigenvalue weighted by Gasteiger charge is 2.22. The number of nitrogens with two attached hydrogens (primary N) is 1. The van der Waals surface area contributed by atoms with Crippen LogP contribution in [0.15, 0.2) is 17.0 Å². The van der Waals surface area contributed by atoms with E-state index in [-0.39, 0.29) is 10.6 Å². The molecule has 1 aliphatic carbocycles. The third kappa shape index (κ3) is 4.11. The Kier molecular flexibility index (Phi) is 5.17. The Morgan fingerprint density at radius 2 is 1.90 bits per heavy atom. The fourth-order valence-electron chi connectivity index (χ4n) is 2.80. The van der Waals surface area contributed by atoms with E-state index in [9.17, 15) is 8.42 Å². The lowest BCUT2D eigenvalue weighted by atomic mass is 9.83. The van der Waals surface area contributed by atoms with E-state index in [1.165, 1.54) is 18.9 Å². The van der Waals surface area contributed by atoms with Gasteiger partial charge >= 0.3 is 0 Å². The van der Waals surface area contributed by atoms with Crippen LogP contribution in [0.5, 0.6) is 0 Å². The van der Waals surface area contributed by atoms with Gasteiger partial charge < -0.3 is 5.73 Å². The summed E-state index contributed by atoms with van der Waals surface area (Å²) in [6.07, 6.45) is 4.54. The van der Waals surface area contributed by atoms with Gasteiger partial charge in [0.1, 0.15) is 0 Å². The molecule has 21 heavy (non-hydrogen) atoms. The van der Waals surface area contributed by atoms with Crippen molar-refractivity contribution in [1.29, 1.82) is 0 Å². The summed E-state index contributed by atoms with van der Waals surface area (Å²) in [7, 11) is -3.53. The second kappa shape index (κ2) is 6.55. The summed E-state index contributed by atoms with van der Waals surface area (Å²) in [5.74, 6) is 1.19. The van der Waals surface area contributed by atoms with E-state index >= 15 is 0 Å². The zero-order valence-corrected chi connectivity index (χ0v) is 14.1. The van der Waals surface area contributed by atoms with Crippen molar-refractivity contribution in [3.63, 3.8) is 0 Å². The topological polar surface area (TPSA) is 72.2 Å². The number of anilines is 1. The third-order valence-electron chi connectivity index (χ3n) is 4.28. The van der Waals surface area contributed by atoms with Gasteiger partial charge in [-0.2, -0.15) is 0 Å². The van der Waals surface area contributed by atoms with Crippen LogP contribution in [-0.4, -0.2) is 15.0 Å². The highest BCUT2D eigenvalue weighted by molar-refractivity contribution is 7.89. The van der Waals surface area contributed by atoms with Gasteiger partial charge in [-0.05, 0) is 49.3 Å². The van der Waals surface area contributed by atoms with Crippen LogP contribution in [0.1, 0.15) is 38.2 Å². The van der Waals surface area contributed by atoms with Crippen LogP contribution in [0.25, 0.3) is 0 Å². The first-order chi connectivity index (χ1) is 9.79. The first kappa shape index (κ1) is 16.6. The van der Waals surface area contributed by atoms with Gasteiger partial charge in [0.2, 0.25) is 10.0 Å². The Morgan fingerprint density at radius 3 is 2.52 bits per heavy atom. The second-order valence-corrected chi connectivity index (χ2v) is 8.26. The molecule has 0 unspecified atom stereocenters. The van der Waals surface area contributed by atoms with E-state index in [1.54, 1.807) is 13.0 Å². The number of nitrogens with one attached hydrogen (secondary N) is 1. The Balaban J connectivity index is 2.07. The molecule has 0 aliphatic heterocycles. The van der Waals surface area contributed by atoms with Gasteiger partial charge in [-0.1, -0.05) is 31.4 Å². The molecule has 2 rings (SSSR count). The largest absolute Gasteiger partial charge is 0.397 e. The number of nitrogen functional groups attached to an aromatic ring is 1. The van der Waals surface area contributed by atoms with Crippen molar-refractivity contribution in [1.82, 2.24) is 4.72 Å². The number of rotatable bonds is 4. The quantitative estimate of drug-likeness (QED) is 0.832. The van der Waals surface area contributed by atoms with Gasteiger partial charge in [-0.3, -0.25) is 0 Å². The minimum absolute atomic E-state index is 0.216. The van der Waals surface area contributed by atoms with Gasteiger partial charge in [0.25, 0.3) is 0 Å². The number of aryl methyl sites for hydroxylation is 1. The van der Waals surface area contributed by atoms with Crippen LogP contribution < -0.4 is 10.5 Å². The maximum Gasteiger partial charge on any atom is 0.240 e. The smallest absolute Gasteiger partial charge is 0.240 e. The molecule has 0 spiro atoms. The summed E-state index contributed by atoms with van der Waals surface area (Å²) >= 11 is 5.91. The normalized spacial score (nSPS) is 23.2. The van der Waals surface area contributed by atoms with Gasteiger partial charge in [-0.25, -0.2) is 13.1 Å². The Bertz CT molecular complexity index is 608. The Hall–Kier alpha value is -0.780. The Labute approximate surface area is 132 Å². The van der Waals surface area contributed by atoms with Gasteiger partial charge in [0.05, 0.1) is 15.6 Å². The molecule has 3 N–H and O–H groups in total. The van der Waals surface area contributed by atoms with Crippen LogP contribution in [-0.2, 0) is 10.0 Å². The average molecular weight is 331 g/mol. The highest BCUT2D eigenvalue weighted by Crippen LogP contribution is 2.29. The van der Waals surface area contributed by atoms with Crippen molar-refractivity contribution in [3.8, 4) is 0 Å². The molecule has 1 fully saturated rings. The van der Waals surface area contributed by atoms with E-state index < -0.39 is 10.0 Å². The average Bonchev–Trinajstić information content (AvgIpc) is 2.42. The van der Waals surface area contributed by atoms with E-state index in [1.807, 2.05) is 0 Å². The molecule has 6 heteroatoms. The minimum atomic E-state index is -3.53. The highest BCUT2D eigenvalue weighted by atomic mass is 35.5. The summed E-state index contributed by atoms with van der Waals surface area (Å²) in [6, 6.07) is 3.02. The summed E-state index contributed by atoms with van der Waals surface area (Å²) in [5.41, 5.74) is 6.61. The van der Waals surface area contributed by atoms with Crippen molar-refractivity contribution >= 4 is 27.3 Å². The molecule has 0 amide bonds.